The van der Waals surface area contributed by atoms with Crippen molar-refractivity contribution in [3.8, 4) is 11.3 Å². The first-order chi connectivity index (χ1) is 16.8. The molecule has 1 saturated heterocycles. The Morgan fingerprint density at radius 2 is 1.86 bits per heavy atom. The van der Waals surface area contributed by atoms with E-state index >= 15 is 0 Å². The van der Waals surface area contributed by atoms with Gasteiger partial charge in [0, 0.05) is 47.5 Å². The highest BCUT2D eigenvalue weighted by Gasteiger charge is 2.37. The Morgan fingerprint density at radius 3 is 2.49 bits per heavy atom. The SMILES string of the molecule is C=Cc1ccc(-c2nc3c(C(F)(F)F)cc(N)c(C=N)c3c3c2CC(N2CCOCC2)CC3)cc1. The maximum absolute atomic E-state index is 14.1. The van der Waals surface area contributed by atoms with E-state index in [1.807, 2.05) is 24.3 Å². The molecule has 5 rings (SSSR count). The number of nitrogens with zero attached hydrogens (tertiary/aromatic N) is 2. The highest BCUT2D eigenvalue weighted by molar-refractivity contribution is 6.07. The molecule has 1 aromatic heterocycles. The van der Waals surface area contributed by atoms with E-state index in [4.69, 9.17) is 15.9 Å². The van der Waals surface area contributed by atoms with Crippen LogP contribution in [0.3, 0.4) is 0 Å². The van der Waals surface area contributed by atoms with Gasteiger partial charge in [-0.2, -0.15) is 13.2 Å². The predicted octanol–water partition coefficient (Wildman–Crippen LogP) is 5.33. The zero-order valence-electron chi connectivity index (χ0n) is 19.3. The van der Waals surface area contributed by atoms with Crippen molar-refractivity contribution in [3.05, 3.63) is 64.7 Å². The summed E-state index contributed by atoms with van der Waals surface area (Å²) in [6.45, 7) is 6.81. The fourth-order valence-electron chi connectivity index (χ4n) is 5.39. The van der Waals surface area contributed by atoms with Crippen LogP contribution in [0.2, 0.25) is 0 Å². The summed E-state index contributed by atoms with van der Waals surface area (Å²) in [5.74, 6) is 0. The topological polar surface area (TPSA) is 75.2 Å². The van der Waals surface area contributed by atoms with Gasteiger partial charge in [-0.3, -0.25) is 4.90 Å². The third-order valence-corrected chi connectivity index (χ3v) is 7.15. The number of pyridine rings is 1. The number of halogens is 3. The molecular formula is C27H27F3N4O. The first kappa shape index (κ1) is 23.5. The smallest absolute Gasteiger partial charge is 0.398 e. The zero-order chi connectivity index (χ0) is 24.7. The van der Waals surface area contributed by atoms with Gasteiger partial charge < -0.3 is 15.9 Å². The van der Waals surface area contributed by atoms with Crippen LogP contribution >= 0.6 is 0 Å². The number of aromatic nitrogens is 1. The minimum absolute atomic E-state index is 0.0535. The summed E-state index contributed by atoms with van der Waals surface area (Å²) in [6.07, 6.45) is 0.229. The summed E-state index contributed by atoms with van der Waals surface area (Å²) in [7, 11) is 0. The Kier molecular flexibility index (Phi) is 6.11. The molecule has 0 bridgehead atoms. The molecule has 182 valence electrons. The normalized spacial score (nSPS) is 18.9. The molecule has 2 aromatic carbocycles. The van der Waals surface area contributed by atoms with Crippen molar-refractivity contribution < 1.29 is 17.9 Å². The van der Waals surface area contributed by atoms with Crippen molar-refractivity contribution in [1.82, 2.24) is 9.88 Å². The summed E-state index contributed by atoms with van der Waals surface area (Å²) < 4.78 is 47.9. The number of hydrogen-bond donors (Lipinski definition) is 2. The molecular weight excluding hydrogens is 453 g/mol. The van der Waals surface area contributed by atoms with Gasteiger partial charge in [-0.25, -0.2) is 4.98 Å². The molecule has 1 fully saturated rings. The third-order valence-electron chi connectivity index (χ3n) is 7.15. The Labute approximate surface area is 201 Å². The lowest BCUT2D eigenvalue weighted by Crippen LogP contribution is -2.46. The van der Waals surface area contributed by atoms with Crippen LogP contribution in [-0.2, 0) is 23.8 Å². The number of fused-ring (bicyclic) bond motifs is 3. The second-order valence-corrected chi connectivity index (χ2v) is 9.08. The van der Waals surface area contributed by atoms with Crippen LogP contribution in [0.15, 0.2) is 36.9 Å². The van der Waals surface area contributed by atoms with E-state index in [2.05, 4.69) is 16.5 Å². The average Bonchev–Trinajstić information content (AvgIpc) is 2.87. The van der Waals surface area contributed by atoms with Gasteiger partial charge in [-0.05, 0) is 42.0 Å². The van der Waals surface area contributed by atoms with E-state index in [-0.39, 0.29) is 17.2 Å². The molecule has 0 amide bonds. The van der Waals surface area contributed by atoms with Gasteiger partial charge in [-0.15, -0.1) is 0 Å². The van der Waals surface area contributed by atoms with E-state index in [9.17, 15) is 13.2 Å². The number of nitrogens with one attached hydrogen (secondary N) is 1. The molecule has 2 aliphatic rings. The highest BCUT2D eigenvalue weighted by atomic mass is 19.4. The Bertz CT molecular complexity index is 1290. The lowest BCUT2D eigenvalue weighted by Gasteiger charge is -2.38. The van der Waals surface area contributed by atoms with Crippen molar-refractivity contribution >= 4 is 28.9 Å². The quantitative estimate of drug-likeness (QED) is 0.391. The van der Waals surface area contributed by atoms with Crippen LogP contribution in [0.5, 0.6) is 0 Å². The first-order valence-corrected chi connectivity index (χ1v) is 11.7. The van der Waals surface area contributed by atoms with Crippen LogP contribution < -0.4 is 5.73 Å². The summed E-state index contributed by atoms with van der Waals surface area (Å²) in [5.41, 5.74) is 9.29. The monoisotopic (exact) mass is 480 g/mol. The Hall–Kier alpha value is -3.23. The van der Waals surface area contributed by atoms with Crippen LogP contribution in [-0.4, -0.2) is 48.4 Å². The predicted molar refractivity (Wildman–Crippen MR) is 133 cm³/mol. The number of anilines is 1. The number of nitrogens with two attached hydrogens (primary N) is 1. The number of alkyl halides is 3. The molecule has 1 atom stereocenters. The third kappa shape index (κ3) is 4.21. The van der Waals surface area contributed by atoms with E-state index < -0.39 is 11.7 Å². The maximum atomic E-state index is 14.1. The van der Waals surface area contributed by atoms with Crippen LogP contribution in [0.4, 0.5) is 18.9 Å². The molecule has 3 N–H and O–H groups in total. The number of benzene rings is 2. The van der Waals surface area contributed by atoms with Gasteiger partial charge in [0.05, 0.1) is 30.0 Å². The molecule has 8 heteroatoms. The lowest BCUT2D eigenvalue weighted by molar-refractivity contribution is -0.136. The Balaban J connectivity index is 1.78. The largest absolute Gasteiger partial charge is 0.418 e. The fraction of sp³-hybridized carbons (Fsp3) is 0.333. The Morgan fingerprint density at radius 1 is 1.14 bits per heavy atom. The summed E-state index contributed by atoms with van der Waals surface area (Å²) in [6, 6.07) is 8.70. The molecule has 0 saturated carbocycles. The number of rotatable bonds is 4. The molecule has 1 aliphatic carbocycles. The minimum atomic E-state index is -4.62. The van der Waals surface area contributed by atoms with Crippen molar-refractivity contribution in [2.45, 2.75) is 31.5 Å². The standard InChI is InChI=1S/C27H27F3N4O/c1-2-16-3-5-17(6-4-16)25-20-13-18(34-9-11-35-12-10-34)7-8-19(20)24-21(15-31)23(32)14-22(26(24)33-25)27(28,29)30/h2-6,14-15,18,31H,1,7-13,32H2. The van der Waals surface area contributed by atoms with Gasteiger partial charge in [0.1, 0.15) is 0 Å². The molecule has 35 heavy (non-hydrogen) atoms. The summed E-state index contributed by atoms with van der Waals surface area (Å²) >= 11 is 0. The van der Waals surface area contributed by atoms with E-state index in [0.29, 0.717) is 42.7 Å². The molecule has 2 heterocycles. The molecule has 1 aliphatic heterocycles. The molecule has 0 spiro atoms. The zero-order valence-corrected chi connectivity index (χ0v) is 19.3. The van der Waals surface area contributed by atoms with Crippen LogP contribution in [0.25, 0.3) is 28.2 Å². The van der Waals surface area contributed by atoms with Gasteiger partial charge in [0.25, 0.3) is 0 Å². The maximum Gasteiger partial charge on any atom is 0.418 e. The van der Waals surface area contributed by atoms with Gasteiger partial charge >= 0.3 is 6.18 Å². The lowest BCUT2D eigenvalue weighted by atomic mass is 9.81. The summed E-state index contributed by atoms with van der Waals surface area (Å²) in [5, 5.41) is 8.28. The number of ether oxygens (including phenoxy) is 1. The van der Waals surface area contributed by atoms with Crippen LogP contribution in [0.1, 0.15) is 34.2 Å². The molecule has 3 aromatic rings. The highest BCUT2D eigenvalue weighted by Crippen LogP contribution is 2.43. The number of nitrogen functional groups attached to an aromatic ring is 1. The number of aryl methyl sites for hydroxylation is 1. The van der Waals surface area contributed by atoms with Gasteiger partial charge in [-0.1, -0.05) is 36.9 Å². The van der Waals surface area contributed by atoms with Crippen LogP contribution in [0, 0.1) is 5.41 Å². The van der Waals surface area contributed by atoms with Gasteiger partial charge in [0.2, 0.25) is 0 Å². The molecule has 1 unspecified atom stereocenters. The minimum Gasteiger partial charge on any atom is -0.398 e. The summed E-state index contributed by atoms with van der Waals surface area (Å²) in [4.78, 5) is 7.06. The van der Waals surface area contributed by atoms with Crippen molar-refractivity contribution in [2.24, 2.45) is 0 Å². The van der Waals surface area contributed by atoms with E-state index in [1.165, 1.54) is 0 Å². The van der Waals surface area contributed by atoms with Crippen molar-refractivity contribution in [3.63, 3.8) is 0 Å². The number of hydrogen-bond acceptors (Lipinski definition) is 5. The second-order valence-electron chi connectivity index (χ2n) is 9.08. The number of morpholine rings is 1. The molecule has 5 nitrogen and oxygen atoms in total. The van der Waals surface area contributed by atoms with Crippen molar-refractivity contribution in [2.75, 3.05) is 32.0 Å². The average molecular weight is 481 g/mol. The fourth-order valence-corrected chi connectivity index (χ4v) is 5.39. The van der Waals surface area contributed by atoms with Crippen molar-refractivity contribution in [1.29, 1.82) is 5.41 Å². The van der Waals surface area contributed by atoms with E-state index in [1.54, 1.807) is 6.08 Å². The second kappa shape index (κ2) is 9.09. The molecule has 0 radical (unpaired) electrons. The van der Waals surface area contributed by atoms with E-state index in [0.717, 1.165) is 54.0 Å². The van der Waals surface area contributed by atoms with Gasteiger partial charge in [0.15, 0.2) is 0 Å². The first-order valence-electron chi connectivity index (χ1n) is 11.7.